The minimum absolute atomic E-state index is 0.0810. The Hall–Kier alpha value is -1.36. The van der Waals surface area contributed by atoms with Gasteiger partial charge in [0.15, 0.2) is 0 Å². The average molecular weight is 330 g/mol. The molecule has 0 radical (unpaired) electrons. The monoisotopic (exact) mass is 330 g/mol. The summed E-state index contributed by atoms with van der Waals surface area (Å²) in [5.41, 5.74) is 1.34. The van der Waals surface area contributed by atoms with E-state index in [4.69, 9.17) is 0 Å². The van der Waals surface area contributed by atoms with Crippen molar-refractivity contribution in [2.75, 3.05) is 13.1 Å². The molecular formula is C19H30N4O. The SMILES string of the molecule is CCn1cc(C2CCN(C(=O)C3CC4CCCCC4N3)CC2)cn1. The number of aryl methyl sites for hydroxylation is 1. The van der Waals surface area contributed by atoms with Gasteiger partial charge < -0.3 is 10.2 Å². The number of fused-ring (bicyclic) bond motifs is 1. The maximum absolute atomic E-state index is 12.9. The van der Waals surface area contributed by atoms with Crippen molar-refractivity contribution in [2.45, 2.75) is 76.4 Å². The highest BCUT2D eigenvalue weighted by Gasteiger charge is 2.40. The summed E-state index contributed by atoms with van der Waals surface area (Å²) >= 11 is 0. The van der Waals surface area contributed by atoms with Gasteiger partial charge in [-0.25, -0.2) is 0 Å². The summed E-state index contributed by atoms with van der Waals surface area (Å²) in [6.07, 6.45) is 12.6. The maximum atomic E-state index is 12.9. The van der Waals surface area contributed by atoms with Gasteiger partial charge >= 0.3 is 0 Å². The lowest BCUT2D eigenvalue weighted by molar-refractivity contribution is -0.134. The second kappa shape index (κ2) is 6.87. The van der Waals surface area contributed by atoms with Crippen molar-refractivity contribution in [1.82, 2.24) is 20.0 Å². The smallest absolute Gasteiger partial charge is 0.239 e. The van der Waals surface area contributed by atoms with E-state index in [9.17, 15) is 4.79 Å². The second-order valence-electron chi connectivity index (χ2n) is 7.83. The van der Waals surface area contributed by atoms with Crippen LogP contribution in [-0.2, 0) is 11.3 Å². The van der Waals surface area contributed by atoms with Gasteiger partial charge in [-0.15, -0.1) is 0 Å². The van der Waals surface area contributed by atoms with Gasteiger partial charge in [0.2, 0.25) is 5.91 Å². The number of nitrogens with zero attached hydrogens (tertiary/aromatic N) is 3. The number of hydrogen-bond donors (Lipinski definition) is 1. The molecule has 0 bridgehead atoms. The van der Waals surface area contributed by atoms with Crippen LogP contribution in [0.3, 0.4) is 0 Å². The summed E-state index contributed by atoms with van der Waals surface area (Å²) in [5.74, 6) is 1.66. The number of likely N-dealkylation sites (tertiary alicyclic amines) is 1. The Kier molecular flexibility index (Phi) is 4.61. The number of piperidine rings is 1. The molecular weight excluding hydrogens is 300 g/mol. The van der Waals surface area contributed by atoms with Gasteiger partial charge in [-0.1, -0.05) is 12.8 Å². The van der Waals surface area contributed by atoms with Crippen molar-refractivity contribution in [3.05, 3.63) is 18.0 Å². The Labute approximate surface area is 144 Å². The van der Waals surface area contributed by atoms with E-state index < -0.39 is 0 Å². The summed E-state index contributed by atoms with van der Waals surface area (Å²) in [6.45, 7) is 4.83. The molecule has 132 valence electrons. The van der Waals surface area contributed by atoms with Crippen LogP contribution >= 0.6 is 0 Å². The summed E-state index contributed by atoms with van der Waals surface area (Å²) < 4.78 is 2.00. The number of nitrogens with one attached hydrogen (secondary N) is 1. The molecule has 1 N–H and O–H groups in total. The lowest BCUT2D eigenvalue weighted by Gasteiger charge is -2.33. The zero-order chi connectivity index (χ0) is 16.5. The average Bonchev–Trinajstić information content (AvgIpc) is 3.28. The van der Waals surface area contributed by atoms with Crippen molar-refractivity contribution >= 4 is 5.91 Å². The fraction of sp³-hybridized carbons (Fsp3) is 0.789. The lowest BCUT2D eigenvalue weighted by atomic mass is 9.85. The Morgan fingerprint density at radius 2 is 2.04 bits per heavy atom. The van der Waals surface area contributed by atoms with Gasteiger partial charge in [-0.05, 0) is 56.4 Å². The van der Waals surface area contributed by atoms with Crippen molar-refractivity contribution < 1.29 is 4.79 Å². The van der Waals surface area contributed by atoms with Crippen molar-refractivity contribution in [2.24, 2.45) is 5.92 Å². The molecule has 3 fully saturated rings. The van der Waals surface area contributed by atoms with E-state index in [1.165, 1.54) is 31.2 Å². The summed E-state index contributed by atoms with van der Waals surface area (Å²) in [7, 11) is 0. The molecule has 4 rings (SSSR count). The van der Waals surface area contributed by atoms with E-state index >= 15 is 0 Å². The van der Waals surface area contributed by atoms with Crippen LogP contribution in [0.5, 0.6) is 0 Å². The van der Waals surface area contributed by atoms with E-state index in [1.807, 2.05) is 10.9 Å². The third-order valence-corrected chi connectivity index (χ3v) is 6.42. The predicted octanol–water partition coefficient (Wildman–Crippen LogP) is 2.53. The standard InChI is InChI=1S/C19H30N4O/c1-2-23-13-16(12-20-23)14-7-9-22(10-8-14)19(24)18-11-15-5-3-4-6-17(15)21-18/h12-15,17-18,21H,2-11H2,1H3. The van der Waals surface area contributed by atoms with Gasteiger partial charge in [0.1, 0.15) is 0 Å². The first-order valence-electron chi connectivity index (χ1n) is 9.81. The molecule has 3 atom stereocenters. The van der Waals surface area contributed by atoms with Crippen LogP contribution in [0.4, 0.5) is 0 Å². The first kappa shape index (κ1) is 16.1. The van der Waals surface area contributed by atoms with Crippen molar-refractivity contribution in [3.63, 3.8) is 0 Å². The molecule has 0 aromatic carbocycles. The fourth-order valence-electron chi connectivity index (χ4n) is 4.93. The lowest BCUT2D eigenvalue weighted by Crippen LogP contribution is -2.48. The molecule has 3 unspecified atom stereocenters. The minimum atomic E-state index is 0.0810. The van der Waals surface area contributed by atoms with E-state index in [0.29, 0.717) is 17.9 Å². The zero-order valence-corrected chi connectivity index (χ0v) is 14.8. The Bertz CT molecular complexity index is 562. The number of rotatable bonds is 3. The quantitative estimate of drug-likeness (QED) is 0.926. The minimum Gasteiger partial charge on any atom is -0.341 e. The Morgan fingerprint density at radius 1 is 1.25 bits per heavy atom. The molecule has 24 heavy (non-hydrogen) atoms. The molecule has 3 aliphatic rings. The molecule has 2 saturated heterocycles. The summed E-state index contributed by atoms with van der Waals surface area (Å²) in [6, 6.07) is 0.683. The van der Waals surface area contributed by atoms with E-state index in [0.717, 1.165) is 44.8 Å². The third-order valence-electron chi connectivity index (χ3n) is 6.42. The molecule has 1 aromatic rings. The predicted molar refractivity (Wildman–Crippen MR) is 93.7 cm³/mol. The molecule has 1 aromatic heterocycles. The first-order valence-corrected chi connectivity index (χ1v) is 9.81. The number of amides is 1. The highest BCUT2D eigenvalue weighted by molar-refractivity contribution is 5.82. The normalized spacial score (nSPS) is 31.2. The third kappa shape index (κ3) is 3.10. The van der Waals surface area contributed by atoms with Crippen LogP contribution in [-0.4, -0.2) is 45.8 Å². The molecule has 1 amide bonds. The molecule has 2 aliphatic heterocycles. The first-order chi connectivity index (χ1) is 11.7. The van der Waals surface area contributed by atoms with E-state index in [1.54, 1.807) is 0 Å². The Morgan fingerprint density at radius 3 is 2.75 bits per heavy atom. The van der Waals surface area contributed by atoms with Crippen LogP contribution < -0.4 is 5.32 Å². The zero-order valence-electron chi connectivity index (χ0n) is 14.8. The number of carbonyl (C=O) groups excluding carboxylic acids is 1. The molecule has 5 nitrogen and oxygen atoms in total. The topological polar surface area (TPSA) is 50.2 Å². The number of carbonyl (C=O) groups is 1. The fourth-order valence-corrected chi connectivity index (χ4v) is 4.93. The van der Waals surface area contributed by atoms with Crippen LogP contribution in [0, 0.1) is 5.92 Å². The number of aromatic nitrogens is 2. The van der Waals surface area contributed by atoms with Gasteiger partial charge in [-0.2, -0.15) is 5.10 Å². The molecule has 0 spiro atoms. The van der Waals surface area contributed by atoms with Gasteiger partial charge in [0, 0.05) is 31.9 Å². The van der Waals surface area contributed by atoms with Crippen molar-refractivity contribution in [1.29, 1.82) is 0 Å². The van der Waals surface area contributed by atoms with E-state index in [-0.39, 0.29) is 6.04 Å². The molecule has 3 heterocycles. The van der Waals surface area contributed by atoms with Crippen LogP contribution in [0.15, 0.2) is 12.4 Å². The molecule has 5 heteroatoms. The van der Waals surface area contributed by atoms with Gasteiger partial charge in [-0.3, -0.25) is 9.48 Å². The van der Waals surface area contributed by atoms with E-state index in [2.05, 4.69) is 28.4 Å². The summed E-state index contributed by atoms with van der Waals surface area (Å²) in [5, 5.41) is 8.03. The van der Waals surface area contributed by atoms with Crippen LogP contribution in [0.1, 0.15) is 63.4 Å². The van der Waals surface area contributed by atoms with Crippen LogP contribution in [0.2, 0.25) is 0 Å². The highest BCUT2D eigenvalue weighted by atomic mass is 16.2. The summed E-state index contributed by atoms with van der Waals surface area (Å²) in [4.78, 5) is 15.0. The maximum Gasteiger partial charge on any atom is 0.239 e. The van der Waals surface area contributed by atoms with Crippen molar-refractivity contribution in [3.8, 4) is 0 Å². The largest absolute Gasteiger partial charge is 0.341 e. The highest BCUT2D eigenvalue weighted by Crippen LogP contribution is 2.34. The van der Waals surface area contributed by atoms with Crippen LogP contribution in [0.25, 0.3) is 0 Å². The number of hydrogen-bond acceptors (Lipinski definition) is 3. The Balaban J connectivity index is 1.31. The molecule has 1 saturated carbocycles. The second-order valence-corrected chi connectivity index (χ2v) is 7.83. The molecule has 1 aliphatic carbocycles. The van der Waals surface area contributed by atoms with Gasteiger partial charge in [0.25, 0.3) is 0 Å². The van der Waals surface area contributed by atoms with Gasteiger partial charge in [0.05, 0.1) is 12.2 Å².